The van der Waals surface area contributed by atoms with Gasteiger partial charge in [0.25, 0.3) is 10.2 Å². The van der Waals surface area contributed by atoms with Gasteiger partial charge in [-0.1, -0.05) is 36.4 Å². The van der Waals surface area contributed by atoms with Crippen LogP contribution in [-0.4, -0.2) is 46.1 Å². The van der Waals surface area contributed by atoms with E-state index in [-0.39, 0.29) is 25.1 Å². The lowest BCUT2D eigenvalue weighted by atomic mass is 10.1. The number of amides is 2. The highest BCUT2D eigenvalue weighted by Gasteiger charge is 2.22. The van der Waals surface area contributed by atoms with Crippen molar-refractivity contribution >= 4 is 33.9 Å². The van der Waals surface area contributed by atoms with Crippen LogP contribution >= 0.6 is 0 Å². The van der Waals surface area contributed by atoms with Gasteiger partial charge in [0, 0.05) is 12.2 Å². The molecule has 0 fully saturated rings. The van der Waals surface area contributed by atoms with Crippen LogP contribution in [-0.2, 0) is 31.1 Å². The van der Waals surface area contributed by atoms with E-state index in [1.54, 1.807) is 24.3 Å². The second kappa shape index (κ2) is 13.3. The highest BCUT2D eigenvalue weighted by atomic mass is 32.2. The lowest BCUT2D eigenvalue weighted by molar-refractivity contribution is -0.118. The van der Waals surface area contributed by atoms with Crippen molar-refractivity contribution in [3.8, 4) is 0 Å². The number of esters is 1. The molecule has 34 heavy (non-hydrogen) atoms. The van der Waals surface area contributed by atoms with Crippen molar-refractivity contribution in [2.24, 2.45) is 5.14 Å². The van der Waals surface area contributed by atoms with E-state index in [2.05, 4.69) is 20.1 Å². The molecule has 0 aliphatic carbocycles. The molecule has 0 bridgehead atoms. The van der Waals surface area contributed by atoms with Crippen LogP contribution in [0.1, 0.15) is 35.2 Å². The molecular weight excluding hydrogens is 464 g/mol. The van der Waals surface area contributed by atoms with Crippen LogP contribution in [0.5, 0.6) is 0 Å². The van der Waals surface area contributed by atoms with Crippen LogP contribution in [0.2, 0.25) is 0 Å². The third-order valence-corrected chi connectivity index (χ3v) is 5.20. The van der Waals surface area contributed by atoms with E-state index in [1.165, 1.54) is 19.2 Å². The van der Waals surface area contributed by atoms with Crippen molar-refractivity contribution < 1.29 is 32.3 Å². The summed E-state index contributed by atoms with van der Waals surface area (Å²) in [6, 6.07) is 14.2. The van der Waals surface area contributed by atoms with Crippen molar-refractivity contribution in [3.05, 3.63) is 65.7 Å². The number of carbonyl (C=O) groups excluding carboxylic acids is 3. The molecule has 1 atom stereocenters. The SMILES string of the molecule is COC(=O)c1cccc(NC(=O)[C@@H](CCCCNS(N)(=O)=O)NC(=O)OCc2ccccc2)c1. The van der Waals surface area contributed by atoms with E-state index in [4.69, 9.17) is 9.88 Å². The van der Waals surface area contributed by atoms with Gasteiger partial charge in [-0.25, -0.2) is 19.5 Å². The second-order valence-electron chi connectivity index (χ2n) is 7.26. The molecule has 0 radical (unpaired) electrons. The lowest BCUT2D eigenvalue weighted by Gasteiger charge is -2.19. The largest absolute Gasteiger partial charge is 0.465 e. The topological polar surface area (TPSA) is 166 Å². The molecule has 12 heteroatoms. The maximum Gasteiger partial charge on any atom is 0.408 e. The second-order valence-corrected chi connectivity index (χ2v) is 8.63. The standard InChI is InChI=1S/C22H28N4O7S/c1-32-21(28)17-10-7-11-18(14-17)25-20(27)19(12-5-6-13-24-34(23,30)31)26-22(29)33-15-16-8-3-2-4-9-16/h2-4,7-11,14,19,24H,5-6,12-13,15H2,1H3,(H,25,27)(H,26,29)(H2,23,30,31)/t19-/m1/s1. The minimum Gasteiger partial charge on any atom is -0.465 e. The van der Waals surface area contributed by atoms with Crippen molar-refractivity contribution in [1.29, 1.82) is 0 Å². The van der Waals surface area contributed by atoms with E-state index < -0.39 is 34.2 Å². The fourth-order valence-electron chi connectivity index (χ4n) is 2.93. The predicted octanol–water partition coefficient (Wildman–Crippen LogP) is 1.67. The first-order chi connectivity index (χ1) is 16.2. The Morgan fingerprint density at radius 2 is 1.76 bits per heavy atom. The van der Waals surface area contributed by atoms with E-state index in [0.717, 1.165) is 5.56 Å². The van der Waals surface area contributed by atoms with Gasteiger partial charge in [0.15, 0.2) is 0 Å². The number of anilines is 1. The monoisotopic (exact) mass is 492 g/mol. The molecule has 5 N–H and O–H groups in total. The lowest BCUT2D eigenvalue weighted by Crippen LogP contribution is -2.44. The molecule has 0 aliphatic heterocycles. The summed E-state index contributed by atoms with van der Waals surface area (Å²) < 4.78 is 34.0. The molecule has 0 aromatic heterocycles. The number of nitrogens with one attached hydrogen (secondary N) is 3. The Labute approximate surface area is 198 Å². The quantitative estimate of drug-likeness (QED) is 0.258. The number of rotatable bonds is 12. The van der Waals surface area contributed by atoms with Crippen LogP contribution in [0, 0.1) is 0 Å². The molecule has 0 aliphatic rings. The van der Waals surface area contributed by atoms with Crippen LogP contribution in [0.3, 0.4) is 0 Å². The summed E-state index contributed by atoms with van der Waals surface area (Å²) in [6.07, 6.45) is 0.213. The molecule has 0 saturated carbocycles. The third-order valence-electron chi connectivity index (χ3n) is 4.60. The van der Waals surface area contributed by atoms with Crippen LogP contribution < -0.4 is 20.5 Å². The number of hydrogen-bond acceptors (Lipinski definition) is 7. The van der Waals surface area contributed by atoms with Crippen LogP contribution in [0.4, 0.5) is 10.5 Å². The fraction of sp³-hybridized carbons (Fsp3) is 0.318. The average molecular weight is 493 g/mol. The Morgan fingerprint density at radius 3 is 2.44 bits per heavy atom. The Bertz CT molecular complexity index is 1080. The van der Waals surface area contributed by atoms with Crippen molar-refractivity contribution in [2.45, 2.75) is 31.9 Å². The number of unbranched alkanes of at least 4 members (excludes halogenated alkanes) is 1. The zero-order chi connectivity index (χ0) is 25.0. The van der Waals surface area contributed by atoms with Gasteiger partial charge in [0.1, 0.15) is 12.6 Å². The molecule has 184 valence electrons. The summed E-state index contributed by atoms with van der Waals surface area (Å²) >= 11 is 0. The van der Waals surface area contributed by atoms with Gasteiger partial charge in [-0.05, 0) is 43.0 Å². The Balaban J connectivity index is 2.00. The molecule has 2 rings (SSSR count). The van der Waals surface area contributed by atoms with Crippen molar-refractivity contribution in [2.75, 3.05) is 19.0 Å². The third kappa shape index (κ3) is 9.98. The zero-order valence-corrected chi connectivity index (χ0v) is 19.5. The zero-order valence-electron chi connectivity index (χ0n) is 18.7. The minimum atomic E-state index is -3.80. The maximum atomic E-state index is 12.9. The Kier molecular flexibility index (Phi) is 10.5. The van der Waals surface area contributed by atoms with E-state index in [0.29, 0.717) is 18.5 Å². The summed E-state index contributed by atoms with van der Waals surface area (Å²) in [6.45, 7) is 0.118. The van der Waals surface area contributed by atoms with E-state index >= 15 is 0 Å². The summed E-state index contributed by atoms with van der Waals surface area (Å²) in [5.41, 5.74) is 1.38. The number of hydrogen-bond donors (Lipinski definition) is 4. The van der Waals surface area contributed by atoms with Gasteiger partial charge in [-0.3, -0.25) is 4.79 Å². The van der Waals surface area contributed by atoms with Crippen LogP contribution in [0.25, 0.3) is 0 Å². The Hall–Kier alpha value is -3.48. The van der Waals surface area contributed by atoms with Gasteiger partial charge in [-0.15, -0.1) is 0 Å². The number of alkyl carbamates (subject to hydrolysis) is 1. The average Bonchev–Trinajstić information content (AvgIpc) is 2.81. The smallest absolute Gasteiger partial charge is 0.408 e. The molecule has 2 amide bonds. The maximum absolute atomic E-state index is 12.9. The van der Waals surface area contributed by atoms with Crippen LogP contribution in [0.15, 0.2) is 54.6 Å². The molecular formula is C22H28N4O7S. The Morgan fingerprint density at radius 1 is 1.03 bits per heavy atom. The van der Waals surface area contributed by atoms with Gasteiger partial charge in [0.05, 0.1) is 12.7 Å². The van der Waals surface area contributed by atoms with E-state index in [9.17, 15) is 22.8 Å². The summed E-state index contributed by atoms with van der Waals surface area (Å²) in [7, 11) is -2.56. The number of ether oxygens (including phenoxy) is 2. The number of benzene rings is 2. The number of methoxy groups -OCH3 is 1. The van der Waals surface area contributed by atoms with Gasteiger partial charge in [0.2, 0.25) is 5.91 Å². The number of nitrogens with two attached hydrogens (primary N) is 1. The highest BCUT2D eigenvalue weighted by molar-refractivity contribution is 7.87. The summed E-state index contributed by atoms with van der Waals surface area (Å²) in [4.78, 5) is 36.9. The molecule has 0 unspecified atom stereocenters. The minimum absolute atomic E-state index is 0.0282. The first kappa shape index (κ1) is 26.8. The molecule has 0 spiro atoms. The van der Waals surface area contributed by atoms with Gasteiger partial charge >= 0.3 is 12.1 Å². The van der Waals surface area contributed by atoms with Crippen molar-refractivity contribution in [1.82, 2.24) is 10.0 Å². The molecule has 2 aromatic rings. The first-order valence-electron chi connectivity index (χ1n) is 10.4. The predicted molar refractivity (Wildman–Crippen MR) is 125 cm³/mol. The normalized spacial score (nSPS) is 11.8. The highest BCUT2D eigenvalue weighted by Crippen LogP contribution is 2.13. The molecule has 11 nitrogen and oxygen atoms in total. The van der Waals surface area contributed by atoms with E-state index in [1.807, 2.05) is 18.2 Å². The molecule has 0 saturated heterocycles. The van der Waals surface area contributed by atoms with Gasteiger partial charge in [-0.2, -0.15) is 8.42 Å². The molecule has 2 aromatic carbocycles. The summed E-state index contributed by atoms with van der Waals surface area (Å²) in [5.74, 6) is -1.09. The summed E-state index contributed by atoms with van der Waals surface area (Å²) in [5, 5.41) is 10.1. The molecule has 0 heterocycles. The number of carbonyl (C=O) groups is 3. The first-order valence-corrected chi connectivity index (χ1v) is 12.0. The fourth-order valence-corrected chi connectivity index (χ4v) is 3.36. The van der Waals surface area contributed by atoms with Crippen molar-refractivity contribution in [3.63, 3.8) is 0 Å². The van der Waals surface area contributed by atoms with Gasteiger partial charge < -0.3 is 20.1 Å².